The third kappa shape index (κ3) is 5.80. The fraction of sp³-hybridized carbons (Fsp3) is 0.889. The van der Waals surface area contributed by atoms with E-state index in [9.17, 15) is 13.2 Å². The molecule has 0 aromatic carbocycles. The number of carboxylic acids is 1. The van der Waals surface area contributed by atoms with Crippen LogP contribution < -0.4 is 10.9 Å². The van der Waals surface area contributed by atoms with Gasteiger partial charge in [-0.2, -0.15) is 12.7 Å². The fourth-order valence-electron chi connectivity index (χ4n) is 1.70. The van der Waals surface area contributed by atoms with E-state index < -0.39 is 22.2 Å². The predicted octanol–water partition coefficient (Wildman–Crippen LogP) is -2.76. The van der Waals surface area contributed by atoms with Crippen molar-refractivity contribution in [3.05, 3.63) is 0 Å². The standard InChI is InChI=1S/C9H20N4O5S/c10-8(9(14)15)7-13(19(11,16)17)2-1-12-3-5-18-6-4-12/h8H,1-7,10H2,(H,14,15)(H2,11,16,17)/t8-/m0/s1. The predicted molar refractivity (Wildman–Crippen MR) is 67.6 cm³/mol. The van der Waals surface area contributed by atoms with E-state index in [4.69, 9.17) is 20.7 Å². The fourth-order valence-corrected chi connectivity index (χ4v) is 2.40. The normalized spacial score (nSPS) is 19.5. The van der Waals surface area contributed by atoms with Crippen molar-refractivity contribution in [2.45, 2.75) is 6.04 Å². The SMILES string of the molecule is N[C@@H](CN(CCN1CCOCC1)S(N)(=O)=O)C(=O)O. The van der Waals surface area contributed by atoms with Crippen LogP contribution in [0.5, 0.6) is 0 Å². The first-order chi connectivity index (χ1) is 8.80. The summed E-state index contributed by atoms with van der Waals surface area (Å²) in [7, 11) is -3.96. The van der Waals surface area contributed by atoms with Crippen molar-refractivity contribution in [1.29, 1.82) is 0 Å². The third-order valence-electron chi connectivity index (χ3n) is 2.85. The average Bonchev–Trinajstić information content (AvgIpc) is 2.33. The van der Waals surface area contributed by atoms with Crippen molar-refractivity contribution < 1.29 is 23.1 Å². The van der Waals surface area contributed by atoms with E-state index in [0.29, 0.717) is 32.8 Å². The molecule has 1 aliphatic rings. The zero-order chi connectivity index (χ0) is 14.5. The first-order valence-electron chi connectivity index (χ1n) is 5.87. The molecule has 0 aliphatic carbocycles. The summed E-state index contributed by atoms with van der Waals surface area (Å²) in [6.45, 7) is 2.87. The molecular weight excluding hydrogens is 276 g/mol. The lowest BCUT2D eigenvalue weighted by molar-refractivity contribution is -0.138. The lowest BCUT2D eigenvalue weighted by atomic mass is 10.3. The number of carbonyl (C=O) groups is 1. The Morgan fingerprint density at radius 2 is 2.00 bits per heavy atom. The van der Waals surface area contributed by atoms with E-state index in [1.54, 1.807) is 0 Å². The van der Waals surface area contributed by atoms with Gasteiger partial charge in [-0.3, -0.25) is 9.69 Å². The molecule has 1 fully saturated rings. The molecule has 1 aliphatic heterocycles. The molecular formula is C9H20N4O5S. The molecule has 0 saturated carbocycles. The van der Waals surface area contributed by atoms with Crippen LogP contribution in [-0.4, -0.2) is 80.7 Å². The molecule has 0 aromatic rings. The maximum absolute atomic E-state index is 11.4. The summed E-state index contributed by atoms with van der Waals surface area (Å²) in [5.41, 5.74) is 5.33. The summed E-state index contributed by atoms with van der Waals surface area (Å²) in [4.78, 5) is 12.7. The Morgan fingerprint density at radius 1 is 1.42 bits per heavy atom. The van der Waals surface area contributed by atoms with Gasteiger partial charge >= 0.3 is 5.97 Å². The minimum absolute atomic E-state index is 0.111. The molecule has 0 spiro atoms. The third-order valence-corrected chi connectivity index (χ3v) is 3.90. The van der Waals surface area contributed by atoms with Crippen LogP contribution in [0.2, 0.25) is 0 Å². The van der Waals surface area contributed by atoms with Crippen molar-refractivity contribution in [2.75, 3.05) is 45.9 Å². The lowest BCUT2D eigenvalue weighted by Crippen LogP contribution is -2.50. The molecule has 19 heavy (non-hydrogen) atoms. The molecule has 1 atom stereocenters. The number of hydrogen-bond donors (Lipinski definition) is 3. The zero-order valence-corrected chi connectivity index (χ0v) is 11.4. The number of nitrogens with zero attached hydrogens (tertiary/aromatic N) is 2. The molecule has 0 amide bonds. The minimum atomic E-state index is -3.96. The monoisotopic (exact) mass is 296 g/mol. The van der Waals surface area contributed by atoms with Gasteiger partial charge in [0.2, 0.25) is 0 Å². The maximum Gasteiger partial charge on any atom is 0.321 e. The molecule has 0 unspecified atom stereocenters. The molecule has 112 valence electrons. The van der Waals surface area contributed by atoms with Crippen molar-refractivity contribution in [3.8, 4) is 0 Å². The van der Waals surface area contributed by atoms with Gasteiger partial charge < -0.3 is 15.6 Å². The van der Waals surface area contributed by atoms with Gasteiger partial charge in [-0.15, -0.1) is 0 Å². The Kier molecular flexibility index (Phi) is 6.10. The Balaban J connectivity index is 2.52. The summed E-state index contributed by atoms with van der Waals surface area (Å²) < 4.78 is 28.8. The number of aliphatic carboxylic acids is 1. The van der Waals surface area contributed by atoms with Crippen LogP contribution in [0.4, 0.5) is 0 Å². The average molecular weight is 296 g/mol. The second-order valence-corrected chi connectivity index (χ2v) is 5.85. The van der Waals surface area contributed by atoms with Crippen molar-refractivity contribution in [2.24, 2.45) is 10.9 Å². The molecule has 0 bridgehead atoms. The zero-order valence-electron chi connectivity index (χ0n) is 10.6. The van der Waals surface area contributed by atoms with Gasteiger partial charge in [0.05, 0.1) is 13.2 Å². The lowest BCUT2D eigenvalue weighted by Gasteiger charge is -2.29. The van der Waals surface area contributed by atoms with Gasteiger partial charge in [0, 0.05) is 32.7 Å². The van der Waals surface area contributed by atoms with Crippen LogP contribution in [0.25, 0.3) is 0 Å². The van der Waals surface area contributed by atoms with Crippen LogP contribution in [0.1, 0.15) is 0 Å². The largest absolute Gasteiger partial charge is 0.480 e. The number of hydrogen-bond acceptors (Lipinski definition) is 6. The second-order valence-electron chi connectivity index (χ2n) is 4.30. The molecule has 10 heteroatoms. The molecule has 1 rings (SSSR count). The first kappa shape index (κ1) is 16.3. The highest BCUT2D eigenvalue weighted by Gasteiger charge is 2.24. The topological polar surface area (TPSA) is 139 Å². The highest BCUT2D eigenvalue weighted by molar-refractivity contribution is 7.86. The molecule has 0 radical (unpaired) electrons. The van der Waals surface area contributed by atoms with Crippen LogP contribution in [0.3, 0.4) is 0 Å². The van der Waals surface area contributed by atoms with Crippen LogP contribution in [0.15, 0.2) is 0 Å². The highest BCUT2D eigenvalue weighted by atomic mass is 32.2. The van der Waals surface area contributed by atoms with Crippen LogP contribution in [-0.2, 0) is 19.7 Å². The Morgan fingerprint density at radius 3 is 2.47 bits per heavy atom. The smallest absolute Gasteiger partial charge is 0.321 e. The van der Waals surface area contributed by atoms with Gasteiger partial charge in [-0.25, -0.2) is 5.14 Å². The van der Waals surface area contributed by atoms with Crippen molar-refractivity contribution >= 4 is 16.2 Å². The van der Waals surface area contributed by atoms with E-state index in [1.165, 1.54) is 0 Å². The Hall–Kier alpha value is -0.780. The van der Waals surface area contributed by atoms with E-state index in [-0.39, 0.29) is 13.1 Å². The van der Waals surface area contributed by atoms with E-state index in [0.717, 1.165) is 4.31 Å². The second kappa shape index (κ2) is 7.12. The molecule has 9 nitrogen and oxygen atoms in total. The van der Waals surface area contributed by atoms with E-state index in [1.807, 2.05) is 4.90 Å². The van der Waals surface area contributed by atoms with Gasteiger partial charge in [0.25, 0.3) is 10.2 Å². The molecule has 1 heterocycles. The number of rotatable bonds is 7. The number of nitrogens with two attached hydrogens (primary N) is 2. The van der Waals surface area contributed by atoms with Crippen LogP contribution >= 0.6 is 0 Å². The summed E-state index contributed by atoms with van der Waals surface area (Å²) in [6.07, 6.45) is 0. The van der Waals surface area contributed by atoms with Gasteiger partial charge in [0.1, 0.15) is 6.04 Å². The summed E-state index contributed by atoms with van der Waals surface area (Å²) in [5.74, 6) is -1.26. The summed E-state index contributed by atoms with van der Waals surface area (Å²) in [5, 5.41) is 13.7. The van der Waals surface area contributed by atoms with Gasteiger partial charge in [-0.05, 0) is 0 Å². The number of carboxylic acid groups (broad SMARTS) is 1. The molecule has 0 aromatic heterocycles. The van der Waals surface area contributed by atoms with Gasteiger partial charge in [0.15, 0.2) is 0 Å². The Bertz CT molecular complexity index is 395. The Labute approximate surface area is 112 Å². The summed E-state index contributed by atoms with van der Waals surface area (Å²) in [6, 6.07) is -1.29. The van der Waals surface area contributed by atoms with E-state index >= 15 is 0 Å². The molecule has 1 saturated heterocycles. The minimum Gasteiger partial charge on any atom is -0.480 e. The quantitative estimate of drug-likeness (QED) is 0.462. The van der Waals surface area contributed by atoms with Gasteiger partial charge in [-0.1, -0.05) is 0 Å². The number of ether oxygens (including phenoxy) is 1. The summed E-state index contributed by atoms with van der Waals surface area (Å²) >= 11 is 0. The first-order valence-corrected chi connectivity index (χ1v) is 7.37. The van der Waals surface area contributed by atoms with Crippen molar-refractivity contribution in [1.82, 2.24) is 9.21 Å². The van der Waals surface area contributed by atoms with Crippen LogP contribution in [0, 0.1) is 0 Å². The maximum atomic E-state index is 11.4. The number of morpholine rings is 1. The van der Waals surface area contributed by atoms with Crippen molar-refractivity contribution in [3.63, 3.8) is 0 Å². The van der Waals surface area contributed by atoms with E-state index in [2.05, 4.69) is 0 Å². The highest BCUT2D eigenvalue weighted by Crippen LogP contribution is 2.01. The molecule has 5 N–H and O–H groups in total.